The third-order valence-electron chi connectivity index (χ3n) is 2.86. The van der Waals surface area contributed by atoms with Crippen molar-refractivity contribution in [2.24, 2.45) is 5.73 Å². The van der Waals surface area contributed by atoms with E-state index in [0.717, 1.165) is 17.9 Å². The van der Waals surface area contributed by atoms with Crippen molar-refractivity contribution < 1.29 is 4.79 Å². The molecule has 0 bridgehead atoms. The lowest BCUT2D eigenvalue weighted by atomic mass is 10.1. The summed E-state index contributed by atoms with van der Waals surface area (Å²) in [6.07, 6.45) is 0. The number of rotatable bonds is 3. The van der Waals surface area contributed by atoms with Gasteiger partial charge in [0.1, 0.15) is 0 Å². The second-order valence-corrected chi connectivity index (χ2v) is 6.92. The molecule has 20 heavy (non-hydrogen) atoms. The van der Waals surface area contributed by atoms with Crippen molar-refractivity contribution in [2.45, 2.75) is 5.25 Å². The lowest BCUT2D eigenvalue weighted by Gasteiger charge is -2.21. The number of hydrogen-bond acceptors (Lipinski definition) is 4. The van der Waals surface area contributed by atoms with Crippen LogP contribution in [0.2, 0.25) is 0 Å². The number of carbonyl (C=O) groups is 1. The molecule has 1 aliphatic heterocycles. The van der Waals surface area contributed by atoms with Gasteiger partial charge in [-0.15, -0.1) is 0 Å². The molecule has 5 heteroatoms. The fourth-order valence-electron chi connectivity index (χ4n) is 1.82. The van der Waals surface area contributed by atoms with Crippen molar-refractivity contribution in [3.63, 3.8) is 0 Å². The smallest absolute Gasteiger partial charge is 0.251 e. The van der Waals surface area contributed by atoms with Crippen LogP contribution in [0, 0.1) is 11.8 Å². The van der Waals surface area contributed by atoms with Crippen LogP contribution in [0.4, 0.5) is 0 Å². The van der Waals surface area contributed by atoms with Gasteiger partial charge >= 0.3 is 0 Å². The standard InChI is InChI=1S/C15H18N2OS2/c16-7-1-2-12-3-5-13(6-4-12)15(18)17-10-14-11-19-8-9-20-14/h3-6,14H,7-11,16H2,(H,17,18). The molecule has 1 heterocycles. The molecular weight excluding hydrogens is 288 g/mol. The predicted octanol–water partition coefficient (Wildman–Crippen LogP) is 1.58. The average Bonchev–Trinajstić information content (AvgIpc) is 2.52. The van der Waals surface area contributed by atoms with Crippen LogP contribution in [0.15, 0.2) is 24.3 Å². The minimum Gasteiger partial charge on any atom is -0.351 e. The molecule has 1 fully saturated rings. The maximum Gasteiger partial charge on any atom is 0.251 e. The van der Waals surface area contributed by atoms with Crippen LogP contribution in [-0.4, -0.2) is 41.5 Å². The topological polar surface area (TPSA) is 55.1 Å². The summed E-state index contributed by atoms with van der Waals surface area (Å²) < 4.78 is 0. The summed E-state index contributed by atoms with van der Waals surface area (Å²) in [4.78, 5) is 12.0. The highest BCUT2D eigenvalue weighted by molar-refractivity contribution is 8.06. The largest absolute Gasteiger partial charge is 0.351 e. The summed E-state index contributed by atoms with van der Waals surface area (Å²) in [5, 5.41) is 3.54. The quantitative estimate of drug-likeness (QED) is 0.833. The molecule has 1 aromatic carbocycles. The van der Waals surface area contributed by atoms with Crippen LogP contribution in [0.3, 0.4) is 0 Å². The molecular formula is C15H18N2OS2. The van der Waals surface area contributed by atoms with Gasteiger partial charge in [-0.3, -0.25) is 4.79 Å². The summed E-state index contributed by atoms with van der Waals surface area (Å²) in [6.45, 7) is 1.09. The van der Waals surface area contributed by atoms with Crippen molar-refractivity contribution in [1.29, 1.82) is 0 Å². The Morgan fingerprint density at radius 2 is 2.15 bits per heavy atom. The first-order valence-corrected chi connectivity index (χ1v) is 8.76. The Labute approximate surface area is 128 Å². The molecule has 3 nitrogen and oxygen atoms in total. The van der Waals surface area contributed by atoms with Crippen LogP contribution in [0.1, 0.15) is 15.9 Å². The number of hydrogen-bond donors (Lipinski definition) is 2. The summed E-state index contributed by atoms with van der Waals surface area (Å²) in [5.41, 5.74) is 6.88. The first-order valence-electron chi connectivity index (χ1n) is 6.56. The average molecular weight is 306 g/mol. The summed E-state index contributed by atoms with van der Waals surface area (Å²) in [7, 11) is 0. The molecule has 1 atom stereocenters. The highest BCUT2D eigenvalue weighted by Gasteiger charge is 2.15. The first-order chi connectivity index (χ1) is 9.79. The van der Waals surface area contributed by atoms with E-state index in [1.807, 2.05) is 35.7 Å². The number of benzene rings is 1. The van der Waals surface area contributed by atoms with Crippen molar-refractivity contribution >= 4 is 29.4 Å². The van der Waals surface area contributed by atoms with Crippen molar-refractivity contribution in [1.82, 2.24) is 5.32 Å². The Bertz CT molecular complexity index is 499. The number of nitrogens with two attached hydrogens (primary N) is 1. The zero-order valence-electron chi connectivity index (χ0n) is 11.2. The van der Waals surface area contributed by atoms with Gasteiger partial charge in [-0.2, -0.15) is 23.5 Å². The Morgan fingerprint density at radius 1 is 1.35 bits per heavy atom. The molecule has 1 saturated heterocycles. The van der Waals surface area contributed by atoms with E-state index in [1.54, 1.807) is 12.1 Å². The second kappa shape index (κ2) is 8.25. The monoisotopic (exact) mass is 306 g/mol. The zero-order valence-corrected chi connectivity index (χ0v) is 12.9. The van der Waals surface area contributed by atoms with Crippen LogP contribution in [0.25, 0.3) is 0 Å². The van der Waals surface area contributed by atoms with E-state index in [1.165, 1.54) is 11.5 Å². The van der Waals surface area contributed by atoms with Gasteiger partial charge in [-0.05, 0) is 24.3 Å². The number of carbonyl (C=O) groups excluding carboxylic acids is 1. The van der Waals surface area contributed by atoms with E-state index >= 15 is 0 Å². The molecule has 0 radical (unpaired) electrons. The van der Waals surface area contributed by atoms with E-state index in [-0.39, 0.29) is 5.91 Å². The predicted molar refractivity (Wildman–Crippen MR) is 88.3 cm³/mol. The van der Waals surface area contributed by atoms with Gasteiger partial charge in [0.25, 0.3) is 5.91 Å². The van der Waals surface area contributed by atoms with Gasteiger partial charge < -0.3 is 11.1 Å². The van der Waals surface area contributed by atoms with Crippen LogP contribution >= 0.6 is 23.5 Å². The van der Waals surface area contributed by atoms with Gasteiger partial charge in [-0.25, -0.2) is 0 Å². The summed E-state index contributed by atoms with van der Waals surface area (Å²) in [6, 6.07) is 7.31. The van der Waals surface area contributed by atoms with Gasteiger partial charge in [0.2, 0.25) is 0 Å². The molecule has 0 spiro atoms. The van der Waals surface area contributed by atoms with Gasteiger partial charge in [0.05, 0.1) is 6.54 Å². The Kier molecular flexibility index (Phi) is 6.31. The van der Waals surface area contributed by atoms with Gasteiger partial charge in [0, 0.05) is 40.2 Å². The van der Waals surface area contributed by atoms with Crippen molar-refractivity contribution in [3.8, 4) is 11.8 Å². The van der Waals surface area contributed by atoms with Crippen molar-refractivity contribution in [3.05, 3.63) is 35.4 Å². The second-order valence-electron chi connectivity index (χ2n) is 4.36. The first kappa shape index (κ1) is 15.3. The molecule has 1 aromatic rings. The van der Waals surface area contributed by atoms with Crippen LogP contribution in [-0.2, 0) is 0 Å². The maximum atomic E-state index is 12.0. The van der Waals surface area contributed by atoms with E-state index in [4.69, 9.17) is 5.73 Å². The summed E-state index contributed by atoms with van der Waals surface area (Å²) >= 11 is 3.91. The number of nitrogens with one attached hydrogen (secondary N) is 1. The zero-order chi connectivity index (χ0) is 14.2. The lowest BCUT2D eigenvalue weighted by Crippen LogP contribution is -2.33. The van der Waals surface area contributed by atoms with E-state index < -0.39 is 0 Å². The minimum absolute atomic E-state index is 0.0143. The van der Waals surface area contributed by atoms with Gasteiger partial charge in [0.15, 0.2) is 0 Å². The molecule has 0 aromatic heterocycles. The normalized spacial score (nSPS) is 17.9. The molecule has 0 aliphatic carbocycles. The lowest BCUT2D eigenvalue weighted by molar-refractivity contribution is 0.0954. The SMILES string of the molecule is NCC#Cc1ccc(C(=O)NCC2CSCCS2)cc1. The fraction of sp³-hybridized carbons (Fsp3) is 0.400. The third kappa shape index (κ3) is 4.78. The van der Waals surface area contributed by atoms with E-state index in [0.29, 0.717) is 17.4 Å². The van der Waals surface area contributed by atoms with E-state index in [2.05, 4.69) is 17.2 Å². The van der Waals surface area contributed by atoms with Gasteiger partial charge in [-0.1, -0.05) is 11.8 Å². The highest BCUT2D eigenvalue weighted by atomic mass is 32.2. The van der Waals surface area contributed by atoms with Crippen LogP contribution in [0.5, 0.6) is 0 Å². The molecule has 2 rings (SSSR count). The van der Waals surface area contributed by atoms with Crippen LogP contribution < -0.4 is 11.1 Å². The Balaban J connectivity index is 1.85. The Morgan fingerprint density at radius 3 is 2.80 bits per heavy atom. The molecule has 1 amide bonds. The molecule has 1 aliphatic rings. The van der Waals surface area contributed by atoms with Crippen molar-refractivity contribution in [2.75, 3.05) is 30.3 Å². The third-order valence-corrected chi connectivity index (χ3v) is 5.70. The molecule has 3 N–H and O–H groups in total. The Hall–Kier alpha value is -1.09. The maximum absolute atomic E-state index is 12.0. The molecule has 106 valence electrons. The summed E-state index contributed by atoms with van der Waals surface area (Å²) in [5.74, 6) is 9.25. The fourth-order valence-corrected chi connectivity index (χ4v) is 4.43. The minimum atomic E-state index is -0.0143. The highest BCUT2D eigenvalue weighted by Crippen LogP contribution is 2.23. The number of amides is 1. The number of thioether (sulfide) groups is 2. The van der Waals surface area contributed by atoms with E-state index in [9.17, 15) is 4.79 Å². The molecule has 0 saturated carbocycles. The molecule has 1 unspecified atom stereocenters.